The number of aromatic nitrogens is 1. The van der Waals surface area contributed by atoms with Crippen molar-refractivity contribution in [2.24, 2.45) is 0 Å². The summed E-state index contributed by atoms with van der Waals surface area (Å²) in [6.45, 7) is 2.48. The maximum Gasteiger partial charge on any atom is 0.269 e. The minimum atomic E-state index is -0.359. The first-order valence-corrected chi connectivity index (χ1v) is 9.73. The summed E-state index contributed by atoms with van der Waals surface area (Å²) < 4.78 is 0. The number of para-hydroxylation sites is 1. The lowest BCUT2D eigenvalue weighted by Crippen LogP contribution is -2.25. The van der Waals surface area contributed by atoms with Gasteiger partial charge in [0.2, 0.25) is 0 Å². The first kappa shape index (κ1) is 18.9. The van der Waals surface area contributed by atoms with Crippen molar-refractivity contribution in [3.05, 3.63) is 112 Å². The first-order valence-electron chi connectivity index (χ1n) is 9.73. The van der Waals surface area contributed by atoms with Crippen molar-refractivity contribution in [1.82, 2.24) is 9.88 Å². The molecule has 0 unspecified atom stereocenters. The molecule has 0 bridgehead atoms. The van der Waals surface area contributed by atoms with Crippen LogP contribution in [0.5, 0.6) is 0 Å². The third-order valence-corrected chi connectivity index (χ3v) is 5.17. The van der Waals surface area contributed by atoms with Crippen molar-refractivity contribution in [3.63, 3.8) is 0 Å². The Bertz CT molecular complexity index is 1090. The minimum Gasteiger partial charge on any atom is -0.361 e. The maximum atomic E-state index is 10.9. The van der Waals surface area contributed by atoms with Crippen molar-refractivity contribution < 1.29 is 4.92 Å². The van der Waals surface area contributed by atoms with Gasteiger partial charge in [-0.25, -0.2) is 0 Å². The molecule has 0 amide bonds. The summed E-state index contributed by atoms with van der Waals surface area (Å²) in [5, 5.41) is 12.2. The van der Waals surface area contributed by atoms with Crippen molar-refractivity contribution in [1.29, 1.82) is 0 Å². The molecule has 0 aliphatic rings. The zero-order valence-corrected chi connectivity index (χ0v) is 16.1. The van der Waals surface area contributed by atoms with E-state index in [0.717, 1.165) is 37.1 Å². The number of benzene rings is 3. The summed E-state index contributed by atoms with van der Waals surface area (Å²) in [7, 11) is 0. The van der Waals surface area contributed by atoms with E-state index in [4.69, 9.17) is 0 Å². The van der Waals surface area contributed by atoms with Crippen LogP contribution < -0.4 is 0 Å². The zero-order valence-electron chi connectivity index (χ0n) is 16.1. The molecule has 1 N–H and O–H groups in total. The Labute approximate surface area is 169 Å². The van der Waals surface area contributed by atoms with E-state index < -0.39 is 0 Å². The van der Waals surface area contributed by atoms with E-state index in [1.54, 1.807) is 12.1 Å². The molecule has 3 aromatic carbocycles. The average Bonchev–Trinajstić information content (AvgIpc) is 3.16. The minimum absolute atomic E-state index is 0.127. The summed E-state index contributed by atoms with van der Waals surface area (Å²) in [5.74, 6) is 0. The molecule has 0 atom stereocenters. The number of nitrogens with zero attached hydrogens (tertiary/aromatic N) is 2. The maximum absolute atomic E-state index is 10.9. The number of hydrogen-bond donors (Lipinski definition) is 1. The fourth-order valence-electron chi connectivity index (χ4n) is 3.65. The second-order valence-electron chi connectivity index (χ2n) is 7.23. The summed E-state index contributed by atoms with van der Waals surface area (Å²) in [6.07, 6.45) is 3.03. The molecular formula is C24H23N3O2. The second-order valence-corrected chi connectivity index (χ2v) is 7.23. The SMILES string of the molecule is O=[N+]([O-])c1ccc(CN(CCc2c[nH]c3ccccc23)Cc2ccccc2)cc1. The summed E-state index contributed by atoms with van der Waals surface area (Å²) >= 11 is 0. The molecule has 146 valence electrons. The molecule has 0 fully saturated rings. The number of nitro benzene ring substituents is 1. The number of H-pyrrole nitrogens is 1. The standard InChI is InChI=1S/C24H23N3O2/c28-27(29)22-12-10-20(11-13-22)18-26(17-19-6-2-1-3-7-19)15-14-21-16-25-24-9-5-4-8-23(21)24/h1-13,16,25H,14-15,17-18H2. The number of fused-ring (bicyclic) bond motifs is 1. The Morgan fingerprint density at radius 2 is 1.48 bits per heavy atom. The lowest BCUT2D eigenvalue weighted by atomic mass is 10.1. The molecule has 0 radical (unpaired) electrons. The Kier molecular flexibility index (Phi) is 5.68. The molecule has 5 heteroatoms. The summed E-state index contributed by atoms with van der Waals surface area (Å²) in [4.78, 5) is 16.3. The highest BCUT2D eigenvalue weighted by Gasteiger charge is 2.11. The van der Waals surface area contributed by atoms with Crippen LogP contribution in [0.3, 0.4) is 0 Å². The molecule has 1 aromatic heterocycles. The highest BCUT2D eigenvalue weighted by Crippen LogP contribution is 2.20. The van der Waals surface area contributed by atoms with Crippen LogP contribution in [0.25, 0.3) is 10.9 Å². The molecule has 0 saturated heterocycles. The quantitative estimate of drug-likeness (QED) is 0.330. The number of hydrogen-bond acceptors (Lipinski definition) is 3. The lowest BCUT2D eigenvalue weighted by molar-refractivity contribution is -0.384. The van der Waals surface area contributed by atoms with Gasteiger partial charge in [0.1, 0.15) is 0 Å². The van der Waals surface area contributed by atoms with Crippen LogP contribution in [0.2, 0.25) is 0 Å². The van der Waals surface area contributed by atoms with Gasteiger partial charge in [0, 0.05) is 48.9 Å². The largest absolute Gasteiger partial charge is 0.361 e. The van der Waals surface area contributed by atoms with Crippen molar-refractivity contribution in [2.75, 3.05) is 6.54 Å². The van der Waals surface area contributed by atoms with E-state index in [0.29, 0.717) is 0 Å². The molecule has 29 heavy (non-hydrogen) atoms. The van der Waals surface area contributed by atoms with Crippen LogP contribution in [0, 0.1) is 10.1 Å². The van der Waals surface area contributed by atoms with Gasteiger partial charge in [0.15, 0.2) is 0 Å². The fourth-order valence-corrected chi connectivity index (χ4v) is 3.65. The molecule has 0 spiro atoms. The van der Waals surface area contributed by atoms with Crippen LogP contribution >= 0.6 is 0 Å². The van der Waals surface area contributed by atoms with E-state index >= 15 is 0 Å². The normalized spacial score (nSPS) is 11.2. The van der Waals surface area contributed by atoms with Crippen LogP contribution in [0.1, 0.15) is 16.7 Å². The van der Waals surface area contributed by atoms with E-state index in [9.17, 15) is 10.1 Å². The summed E-state index contributed by atoms with van der Waals surface area (Å²) in [5.41, 5.74) is 4.93. The predicted molar refractivity (Wildman–Crippen MR) is 116 cm³/mol. The van der Waals surface area contributed by atoms with Gasteiger partial charge in [-0.1, -0.05) is 60.7 Å². The molecule has 0 aliphatic carbocycles. The van der Waals surface area contributed by atoms with Gasteiger partial charge in [0.05, 0.1) is 4.92 Å². The van der Waals surface area contributed by atoms with E-state index in [1.165, 1.54) is 16.5 Å². The average molecular weight is 385 g/mol. The van der Waals surface area contributed by atoms with Gasteiger partial charge in [-0.2, -0.15) is 0 Å². The van der Waals surface area contributed by atoms with Crippen LogP contribution in [-0.2, 0) is 19.5 Å². The first-order chi connectivity index (χ1) is 14.2. The van der Waals surface area contributed by atoms with Gasteiger partial charge < -0.3 is 4.98 Å². The molecule has 0 saturated carbocycles. The number of nitrogens with one attached hydrogen (secondary N) is 1. The molecule has 1 heterocycles. The second kappa shape index (κ2) is 8.71. The third kappa shape index (κ3) is 4.70. The topological polar surface area (TPSA) is 62.2 Å². The highest BCUT2D eigenvalue weighted by molar-refractivity contribution is 5.83. The Hall–Kier alpha value is -3.44. The molecule has 4 rings (SSSR count). The van der Waals surface area contributed by atoms with E-state index in [2.05, 4.69) is 58.5 Å². The summed E-state index contributed by atoms with van der Waals surface area (Å²) in [6, 6.07) is 25.6. The van der Waals surface area contributed by atoms with Gasteiger partial charge in [0.25, 0.3) is 5.69 Å². The van der Waals surface area contributed by atoms with Gasteiger partial charge in [-0.15, -0.1) is 0 Å². The smallest absolute Gasteiger partial charge is 0.269 e. The Balaban J connectivity index is 1.50. The van der Waals surface area contributed by atoms with Crippen molar-refractivity contribution in [2.45, 2.75) is 19.5 Å². The third-order valence-electron chi connectivity index (χ3n) is 5.17. The van der Waals surface area contributed by atoms with Gasteiger partial charge in [-0.05, 0) is 29.2 Å². The molecule has 5 nitrogen and oxygen atoms in total. The fraction of sp³-hybridized carbons (Fsp3) is 0.167. The van der Waals surface area contributed by atoms with Crippen molar-refractivity contribution in [3.8, 4) is 0 Å². The molecule has 4 aromatic rings. The van der Waals surface area contributed by atoms with Crippen LogP contribution in [-0.4, -0.2) is 21.4 Å². The Morgan fingerprint density at radius 1 is 0.828 bits per heavy atom. The number of aromatic amines is 1. The van der Waals surface area contributed by atoms with Crippen molar-refractivity contribution >= 4 is 16.6 Å². The number of non-ortho nitro benzene ring substituents is 1. The highest BCUT2D eigenvalue weighted by atomic mass is 16.6. The van der Waals surface area contributed by atoms with Gasteiger partial charge in [-0.3, -0.25) is 15.0 Å². The van der Waals surface area contributed by atoms with E-state index in [1.807, 2.05) is 24.3 Å². The number of nitro groups is 1. The van der Waals surface area contributed by atoms with E-state index in [-0.39, 0.29) is 10.6 Å². The Morgan fingerprint density at radius 3 is 2.21 bits per heavy atom. The molecular weight excluding hydrogens is 362 g/mol. The molecule has 0 aliphatic heterocycles. The van der Waals surface area contributed by atoms with Crippen LogP contribution in [0.15, 0.2) is 85.1 Å². The van der Waals surface area contributed by atoms with Crippen LogP contribution in [0.4, 0.5) is 5.69 Å². The lowest BCUT2D eigenvalue weighted by Gasteiger charge is -2.22. The predicted octanol–water partition coefficient (Wildman–Crippen LogP) is 5.32. The monoisotopic (exact) mass is 385 g/mol. The number of rotatable bonds is 8. The van der Waals surface area contributed by atoms with Gasteiger partial charge >= 0.3 is 0 Å². The zero-order chi connectivity index (χ0) is 20.1.